The summed E-state index contributed by atoms with van der Waals surface area (Å²) in [4.78, 5) is 42.7. The van der Waals surface area contributed by atoms with Crippen LogP contribution in [0.2, 0.25) is 0 Å². The third-order valence-corrected chi connectivity index (χ3v) is 11.8. The van der Waals surface area contributed by atoms with Crippen molar-refractivity contribution in [1.29, 1.82) is 0 Å². The number of allylic oxidation sites excluding steroid dienone is 5. The fourth-order valence-electron chi connectivity index (χ4n) is 9.13. The minimum absolute atomic E-state index is 0.0280. The van der Waals surface area contributed by atoms with Crippen molar-refractivity contribution < 1.29 is 28.6 Å². The monoisotopic (exact) mass is 613 g/mol. The number of carboxylic acid groups (broad SMARTS) is 1. The SMILES string of the molecule is CC[C@H]1/C2=C/c3[nH]c4c(c3C)C(=O)[C@H](C(=O)OC)C4=C3N/C(=C\C4=C(C)[C@@]5(C(/C=C(\N2)[C@@H]1C)N4)[C@H]1C[O+]15)[C@@H](C)[C@@H]3CCC(=O)O. The number of Topliss-reactive ketones (excluding diaryl/α,β-unsaturated/α-hetero) is 1. The zero-order valence-electron chi connectivity index (χ0n) is 26.6. The van der Waals surface area contributed by atoms with Gasteiger partial charge in [0.25, 0.3) is 5.60 Å². The molecule has 45 heavy (non-hydrogen) atoms. The van der Waals surface area contributed by atoms with Gasteiger partial charge in [-0.25, -0.2) is 0 Å². The number of rotatable bonds is 5. The average Bonchev–Trinajstić information content (AvgIpc) is 3.72. The Labute approximate surface area is 262 Å². The second-order valence-electron chi connectivity index (χ2n) is 13.8. The van der Waals surface area contributed by atoms with Crippen LogP contribution in [0.5, 0.6) is 0 Å². The molecule has 1 aromatic rings. The Bertz CT molecular complexity index is 1750. The van der Waals surface area contributed by atoms with Crippen LogP contribution in [0.25, 0.3) is 11.6 Å². The van der Waals surface area contributed by atoms with Crippen molar-refractivity contribution in [2.45, 2.75) is 71.6 Å². The van der Waals surface area contributed by atoms with E-state index in [1.54, 1.807) is 0 Å². The summed E-state index contributed by atoms with van der Waals surface area (Å²) in [5.41, 5.74) is 9.53. The van der Waals surface area contributed by atoms with Gasteiger partial charge in [0, 0.05) is 81.0 Å². The third kappa shape index (κ3) is 3.69. The first-order valence-corrected chi connectivity index (χ1v) is 16.2. The van der Waals surface area contributed by atoms with Gasteiger partial charge in [-0.3, -0.25) is 14.4 Å². The van der Waals surface area contributed by atoms with Gasteiger partial charge < -0.3 is 35.1 Å². The highest BCUT2D eigenvalue weighted by Gasteiger charge is 2.93. The predicted molar refractivity (Wildman–Crippen MR) is 167 cm³/mol. The van der Waals surface area contributed by atoms with Gasteiger partial charge in [-0.2, -0.15) is 0 Å². The first kappa shape index (κ1) is 28.4. The van der Waals surface area contributed by atoms with Crippen LogP contribution in [0.3, 0.4) is 0 Å². The number of carbonyl (C=O) groups excluding carboxylic acids is 2. The number of methoxy groups -OCH3 is 1. The summed E-state index contributed by atoms with van der Waals surface area (Å²) in [6.07, 6.45) is 8.44. The van der Waals surface area contributed by atoms with Crippen molar-refractivity contribution in [3.05, 3.63) is 68.7 Å². The molecular weight excluding hydrogens is 572 g/mol. The number of aliphatic carboxylic acids is 1. The molecule has 1 aromatic heterocycles. The minimum Gasteiger partial charge on any atom is -0.481 e. The molecule has 8 bridgehead atoms. The maximum absolute atomic E-state index is 14.1. The largest absolute Gasteiger partial charge is 0.481 e. The Hall–Kier alpha value is -4.05. The maximum atomic E-state index is 14.1. The molecule has 4 fully saturated rings. The summed E-state index contributed by atoms with van der Waals surface area (Å²) in [5, 5.41) is 20.9. The maximum Gasteiger partial charge on any atom is 0.321 e. The molecule has 6 aliphatic heterocycles. The topological polar surface area (TPSA) is 135 Å². The lowest BCUT2D eigenvalue weighted by Crippen LogP contribution is -2.41. The minimum atomic E-state index is -1.12. The van der Waals surface area contributed by atoms with Crippen LogP contribution in [0.15, 0.2) is 46.2 Å². The number of ether oxygens (including phenoxy) is 1. The number of H-pyrrole nitrogens is 1. The molecule has 0 aromatic carbocycles. The molecule has 7 heterocycles. The van der Waals surface area contributed by atoms with Gasteiger partial charge in [-0.05, 0) is 50.5 Å². The first-order chi connectivity index (χ1) is 21.5. The van der Waals surface area contributed by atoms with E-state index < -0.39 is 17.9 Å². The summed E-state index contributed by atoms with van der Waals surface area (Å²) < 4.78 is 8.65. The molecule has 7 aliphatic rings. The summed E-state index contributed by atoms with van der Waals surface area (Å²) >= 11 is 0. The van der Waals surface area contributed by atoms with E-state index in [9.17, 15) is 19.5 Å². The van der Waals surface area contributed by atoms with Crippen molar-refractivity contribution in [3.8, 4) is 0 Å². The van der Waals surface area contributed by atoms with Gasteiger partial charge in [0.1, 0.15) is 12.0 Å². The van der Waals surface area contributed by atoms with E-state index in [2.05, 4.69) is 71.2 Å². The molecule has 5 N–H and O–H groups in total. The predicted octanol–water partition coefficient (Wildman–Crippen LogP) is 4.06. The lowest BCUT2D eigenvalue weighted by Gasteiger charge is -2.19. The summed E-state index contributed by atoms with van der Waals surface area (Å²) in [6, 6.07) is 0.0959. The molecule has 8 atom stereocenters. The highest BCUT2D eigenvalue weighted by atomic mass is 16.9. The van der Waals surface area contributed by atoms with Crippen molar-refractivity contribution >= 4 is 29.4 Å². The number of aromatic nitrogens is 1. The second-order valence-corrected chi connectivity index (χ2v) is 13.8. The molecule has 0 radical (unpaired) electrons. The fraction of sp³-hybridized carbons (Fsp3) is 0.514. The van der Waals surface area contributed by atoms with Crippen molar-refractivity contribution in [1.82, 2.24) is 20.9 Å². The molecule has 4 saturated heterocycles. The average molecular weight is 614 g/mol. The standard InChI is InChI=1S/C35H40N4O6/c1-7-18-14(2)22-12-25-35(26-13-45(26)35)17(5)23(37-25)10-20-15(3)19(8-9-27(40)41)31(38-20)29-30(34(43)44-6)33(42)28-16(4)21(39-32(28)29)11-24(18)36-22/h10-12,14-15,18-19,25-26,30,36-37H,7-9,13H2,1-6H3,(H2-,38,39,40,41,42)/p+1/b20-10-,22-12-,24-11-/t14-,15+,18-,19+,25?,26-,30-,35-/m1/s1. The number of ketones is 1. The number of nitrogens with one attached hydrogen (secondary N) is 4. The Balaban J connectivity index is 1.38. The lowest BCUT2D eigenvalue weighted by molar-refractivity contribution is -0.142. The van der Waals surface area contributed by atoms with Crippen LogP contribution in [0, 0.1) is 36.5 Å². The number of carboxylic acids is 1. The van der Waals surface area contributed by atoms with Crippen LogP contribution < -0.4 is 16.0 Å². The van der Waals surface area contributed by atoms with E-state index in [0.29, 0.717) is 35.3 Å². The normalized spacial score (nSPS) is 38.9. The number of esters is 1. The Morgan fingerprint density at radius 1 is 1.09 bits per heavy atom. The van der Waals surface area contributed by atoms with E-state index in [4.69, 9.17) is 4.74 Å². The number of carbonyl (C=O) groups is 3. The highest BCUT2D eigenvalue weighted by Crippen LogP contribution is 2.68. The van der Waals surface area contributed by atoms with Crippen molar-refractivity contribution in [3.63, 3.8) is 0 Å². The van der Waals surface area contributed by atoms with E-state index >= 15 is 0 Å². The number of fused-ring (bicyclic) bond motifs is 11. The molecule has 1 unspecified atom stereocenters. The van der Waals surface area contributed by atoms with Gasteiger partial charge in [0.2, 0.25) is 6.61 Å². The van der Waals surface area contributed by atoms with Crippen molar-refractivity contribution in [2.75, 3.05) is 13.7 Å². The summed E-state index contributed by atoms with van der Waals surface area (Å²) in [7, 11) is 1.30. The Morgan fingerprint density at radius 3 is 2.47 bits per heavy atom. The summed E-state index contributed by atoms with van der Waals surface area (Å²) in [6.45, 7) is 11.8. The number of hydrogen-bond acceptors (Lipinski definition) is 7. The van der Waals surface area contributed by atoms with E-state index in [-0.39, 0.29) is 41.6 Å². The molecule has 1 spiro atoms. The van der Waals surface area contributed by atoms with Gasteiger partial charge in [-0.1, -0.05) is 20.8 Å². The molecule has 1 aliphatic carbocycles. The van der Waals surface area contributed by atoms with Gasteiger partial charge >= 0.3 is 18.0 Å². The van der Waals surface area contributed by atoms with Gasteiger partial charge in [0.15, 0.2) is 5.78 Å². The second kappa shape index (κ2) is 9.48. The molecule has 8 rings (SSSR count). The van der Waals surface area contributed by atoms with Crippen molar-refractivity contribution in [2.24, 2.45) is 29.6 Å². The van der Waals surface area contributed by atoms with E-state index in [0.717, 1.165) is 47.1 Å². The van der Waals surface area contributed by atoms with Crippen LogP contribution in [-0.4, -0.2) is 59.3 Å². The first-order valence-electron chi connectivity index (χ1n) is 16.2. The zero-order valence-corrected chi connectivity index (χ0v) is 26.6. The van der Waals surface area contributed by atoms with Crippen LogP contribution in [-0.2, 0) is 18.7 Å². The molecule has 0 amide bonds. The lowest BCUT2D eigenvalue weighted by atomic mass is 9.84. The van der Waals surface area contributed by atoms with Crippen LogP contribution in [0.4, 0.5) is 0 Å². The molecule has 10 heteroatoms. The van der Waals surface area contributed by atoms with Crippen LogP contribution in [0.1, 0.15) is 74.3 Å². The van der Waals surface area contributed by atoms with E-state index in [1.165, 1.54) is 18.4 Å². The highest BCUT2D eigenvalue weighted by molar-refractivity contribution is 6.24. The fourth-order valence-corrected chi connectivity index (χ4v) is 9.13. The third-order valence-electron chi connectivity index (χ3n) is 11.8. The molecule has 0 saturated carbocycles. The quantitative estimate of drug-likeness (QED) is 0.145. The smallest absolute Gasteiger partial charge is 0.321 e. The number of aromatic amines is 1. The van der Waals surface area contributed by atoms with E-state index in [1.807, 2.05) is 6.92 Å². The Kier molecular flexibility index (Phi) is 5.99. The van der Waals surface area contributed by atoms with Gasteiger partial charge in [0.05, 0.1) is 12.8 Å². The zero-order chi connectivity index (χ0) is 31.7. The molecule has 10 nitrogen and oxygen atoms in total. The molecule has 236 valence electrons. The van der Waals surface area contributed by atoms with Gasteiger partial charge in [-0.15, -0.1) is 0 Å². The Morgan fingerprint density at radius 2 is 1.82 bits per heavy atom. The summed E-state index contributed by atoms with van der Waals surface area (Å²) in [5.74, 6) is -2.63. The number of epoxide rings is 2. The molecular formula is C35H41N4O6+. The number of hydrogen-bond donors (Lipinski definition) is 5. The van der Waals surface area contributed by atoms with Crippen LogP contribution >= 0.6 is 0 Å².